The first-order chi connectivity index (χ1) is 14.5. The van der Waals surface area contributed by atoms with Crippen LogP contribution in [-0.4, -0.2) is 51.1 Å². The second kappa shape index (κ2) is 7.36. The zero-order valence-corrected chi connectivity index (χ0v) is 17.5. The molecule has 0 bridgehead atoms. The highest BCUT2D eigenvalue weighted by Crippen LogP contribution is 2.45. The quantitative estimate of drug-likeness (QED) is 0.818. The smallest absolute Gasteiger partial charge is 0.289 e. The second-order valence-electron chi connectivity index (χ2n) is 9.87. The van der Waals surface area contributed by atoms with Gasteiger partial charge in [-0.05, 0) is 56.3 Å². The van der Waals surface area contributed by atoms with E-state index in [0.717, 1.165) is 64.0 Å². The lowest BCUT2D eigenvalue weighted by molar-refractivity contribution is -0.138. The standard InChI is InChI=1S/C22H30N6O2/c23-14-22(6-1-2-7-22)20(30)27-11-9-21(15-27)8-5-17-25-26-18(28(17)12-10-21)19(29)24-13-16-3-4-16/h16H,1-13,15H2,(H,24,29). The van der Waals surface area contributed by atoms with Crippen molar-refractivity contribution >= 4 is 11.8 Å². The number of likely N-dealkylation sites (tertiary alicyclic amines) is 1. The molecule has 1 N–H and O–H groups in total. The summed E-state index contributed by atoms with van der Waals surface area (Å²) in [4.78, 5) is 27.7. The minimum Gasteiger partial charge on any atom is -0.349 e. The van der Waals surface area contributed by atoms with Crippen LogP contribution in [0.4, 0.5) is 0 Å². The number of hydrogen-bond donors (Lipinski definition) is 1. The minimum atomic E-state index is -0.792. The molecule has 0 radical (unpaired) electrons. The summed E-state index contributed by atoms with van der Waals surface area (Å²) in [6.45, 7) is 2.89. The van der Waals surface area contributed by atoms with Crippen LogP contribution in [0.25, 0.3) is 0 Å². The lowest BCUT2D eigenvalue weighted by Crippen LogP contribution is -2.42. The Hall–Kier alpha value is -2.43. The molecule has 1 unspecified atom stereocenters. The summed E-state index contributed by atoms with van der Waals surface area (Å²) in [5.41, 5.74) is -0.743. The van der Waals surface area contributed by atoms with Crippen LogP contribution in [0.15, 0.2) is 0 Å². The Morgan fingerprint density at radius 3 is 2.60 bits per heavy atom. The Morgan fingerprint density at radius 1 is 1.10 bits per heavy atom. The number of nitriles is 1. The molecule has 2 aliphatic heterocycles. The van der Waals surface area contributed by atoms with Gasteiger partial charge in [0.2, 0.25) is 11.7 Å². The highest BCUT2D eigenvalue weighted by atomic mass is 16.2. The summed E-state index contributed by atoms with van der Waals surface area (Å²) < 4.78 is 1.98. The third kappa shape index (κ3) is 3.38. The van der Waals surface area contributed by atoms with E-state index in [9.17, 15) is 14.9 Å². The van der Waals surface area contributed by atoms with Gasteiger partial charge in [0.15, 0.2) is 0 Å². The van der Waals surface area contributed by atoms with E-state index in [2.05, 4.69) is 21.6 Å². The fourth-order valence-electron chi connectivity index (χ4n) is 5.58. The van der Waals surface area contributed by atoms with Crippen molar-refractivity contribution in [1.82, 2.24) is 25.0 Å². The summed E-state index contributed by atoms with van der Waals surface area (Å²) in [6.07, 6.45) is 9.32. The van der Waals surface area contributed by atoms with Crippen molar-refractivity contribution in [3.63, 3.8) is 0 Å². The molecule has 1 atom stereocenters. The Bertz CT molecular complexity index is 892. The Labute approximate surface area is 177 Å². The SMILES string of the molecule is N#CC1(C(=O)N2CCC3(CCc4nnc(C(=O)NCC5CC5)n4CC3)C2)CCCC1. The van der Waals surface area contributed by atoms with E-state index in [4.69, 9.17) is 0 Å². The fourth-order valence-corrected chi connectivity index (χ4v) is 5.58. The Balaban J connectivity index is 1.26. The molecule has 1 saturated heterocycles. The number of amides is 2. The molecule has 160 valence electrons. The number of aryl methyl sites for hydroxylation is 1. The van der Waals surface area contributed by atoms with Crippen molar-refractivity contribution in [3.8, 4) is 6.07 Å². The maximum Gasteiger partial charge on any atom is 0.289 e. The molecule has 3 fully saturated rings. The van der Waals surface area contributed by atoms with Gasteiger partial charge in [-0.3, -0.25) is 9.59 Å². The van der Waals surface area contributed by atoms with Crippen molar-refractivity contribution in [2.45, 2.75) is 70.8 Å². The first kappa shape index (κ1) is 19.5. The molecule has 2 aliphatic carbocycles. The van der Waals surface area contributed by atoms with Gasteiger partial charge in [-0.25, -0.2) is 0 Å². The van der Waals surface area contributed by atoms with Gasteiger partial charge in [0.05, 0.1) is 6.07 Å². The maximum absolute atomic E-state index is 13.2. The van der Waals surface area contributed by atoms with Crippen molar-refractivity contribution in [2.75, 3.05) is 19.6 Å². The van der Waals surface area contributed by atoms with E-state index in [1.54, 1.807) is 0 Å². The highest BCUT2D eigenvalue weighted by Gasteiger charge is 2.49. The molecular weight excluding hydrogens is 380 g/mol. The molecule has 2 saturated carbocycles. The van der Waals surface area contributed by atoms with E-state index >= 15 is 0 Å². The highest BCUT2D eigenvalue weighted by molar-refractivity contribution is 5.90. The van der Waals surface area contributed by atoms with E-state index in [-0.39, 0.29) is 17.2 Å². The summed E-state index contributed by atoms with van der Waals surface area (Å²) in [7, 11) is 0. The number of aromatic nitrogens is 3. The molecule has 1 spiro atoms. The number of nitrogens with one attached hydrogen (secondary N) is 1. The topological polar surface area (TPSA) is 104 Å². The fraction of sp³-hybridized carbons (Fsp3) is 0.773. The van der Waals surface area contributed by atoms with Crippen LogP contribution >= 0.6 is 0 Å². The second-order valence-corrected chi connectivity index (χ2v) is 9.87. The molecular formula is C22H30N6O2. The lowest BCUT2D eigenvalue weighted by Gasteiger charge is -2.30. The first-order valence-electron chi connectivity index (χ1n) is 11.5. The van der Waals surface area contributed by atoms with Gasteiger partial charge in [-0.15, -0.1) is 10.2 Å². The molecule has 0 aromatic carbocycles. The third-order valence-corrected chi connectivity index (χ3v) is 7.83. The minimum absolute atomic E-state index is 0.0446. The van der Waals surface area contributed by atoms with Crippen LogP contribution in [-0.2, 0) is 17.8 Å². The number of carbonyl (C=O) groups is 2. The van der Waals surface area contributed by atoms with Gasteiger partial charge >= 0.3 is 0 Å². The molecule has 3 heterocycles. The first-order valence-corrected chi connectivity index (χ1v) is 11.5. The molecule has 2 amide bonds. The van der Waals surface area contributed by atoms with E-state index in [1.165, 1.54) is 12.8 Å². The predicted octanol–water partition coefficient (Wildman–Crippen LogP) is 2.06. The van der Waals surface area contributed by atoms with Gasteiger partial charge in [0.25, 0.3) is 5.91 Å². The van der Waals surface area contributed by atoms with Gasteiger partial charge < -0.3 is 14.8 Å². The van der Waals surface area contributed by atoms with Crippen molar-refractivity contribution in [1.29, 1.82) is 5.26 Å². The van der Waals surface area contributed by atoms with Crippen molar-refractivity contribution in [2.24, 2.45) is 16.7 Å². The number of fused-ring (bicyclic) bond motifs is 1. The molecule has 1 aromatic heterocycles. The third-order valence-electron chi connectivity index (χ3n) is 7.83. The molecule has 1 aromatic rings. The number of rotatable bonds is 4. The monoisotopic (exact) mass is 410 g/mol. The van der Waals surface area contributed by atoms with Crippen LogP contribution < -0.4 is 5.32 Å². The maximum atomic E-state index is 13.2. The normalized spacial score (nSPS) is 27.5. The van der Waals surface area contributed by atoms with E-state index < -0.39 is 5.41 Å². The van der Waals surface area contributed by atoms with Crippen LogP contribution in [0.1, 0.15) is 74.2 Å². The average Bonchev–Trinajstić information content (AvgIpc) is 3.16. The largest absolute Gasteiger partial charge is 0.349 e. The Kier molecular flexibility index (Phi) is 4.79. The zero-order chi connectivity index (χ0) is 20.8. The van der Waals surface area contributed by atoms with Crippen LogP contribution in [0.3, 0.4) is 0 Å². The number of nitrogens with zero attached hydrogens (tertiary/aromatic N) is 5. The predicted molar refractivity (Wildman–Crippen MR) is 108 cm³/mol. The summed E-state index contributed by atoms with van der Waals surface area (Å²) in [5.74, 6) is 1.84. The Morgan fingerprint density at radius 2 is 1.87 bits per heavy atom. The van der Waals surface area contributed by atoms with Gasteiger partial charge in [-0.1, -0.05) is 12.8 Å². The summed E-state index contributed by atoms with van der Waals surface area (Å²) in [6, 6.07) is 2.35. The van der Waals surface area contributed by atoms with Crippen molar-refractivity contribution in [3.05, 3.63) is 11.6 Å². The van der Waals surface area contributed by atoms with Crippen molar-refractivity contribution < 1.29 is 9.59 Å². The summed E-state index contributed by atoms with van der Waals surface area (Å²) >= 11 is 0. The number of carbonyl (C=O) groups excluding carboxylic acids is 2. The van der Waals surface area contributed by atoms with Gasteiger partial charge in [-0.2, -0.15) is 5.26 Å². The average molecular weight is 411 g/mol. The molecule has 4 aliphatic rings. The van der Waals surface area contributed by atoms with Gasteiger partial charge in [0, 0.05) is 32.6 Å². The van der Waals surface area contributed by atoms with E-state index in [1.807, 2.05) is 9.47 Å². The molecule has 8 nitrogen and oxygen atoms in total. The molecule has 30 heavy (non-hydrogen) atoms. The lowest BCUT2D eigenvalue weighted by atomic mass is 9.79. The van der Waals surface area contributed by atoms with Crippen LogP contribution in [0.2, 0.25) is 0 Å². The van der Waals surface area contributed by atoms with Crippen LogP contribution in [0, 0.1) is 28.1 Å². The molecule has 5 rings (SSSR count). The number of hydrogen-bond acceptors (Lipinski definition) is 5. The van der Waals surface area contributed by atoms with Gasteiger partial charge in [0.1, 0.15) is 11.2 Å². The zero-order valence-electron chi connectivity index (χ0n) is 17.5. The van der Waals surface area contributed by atoms with Crippen LogP contribution in [0.5, 0.6) is 0 Å². The summed E-state index contributed by atoms with van der Waals surface area (Å²) in [5, 5.41) is 21.2. The van der Waals surface area contributed by atoms with E-state index in [0.29, 0.717) is 31.1 Å². The molecule has 8 heteroatoms.